The van der Waals surface area contributed by atoms with Gasteiger partial charge in [-0.05, 0) is 68.9 Å². The topological polar surface area (TPSA) is 65.4 Å². The van der Waals surface area contributed by atoms with Crippen LogP contribution in [0.3, 0.4) is 0 Å². The van der Waals surface area contributed by atoms with Gasteiger partial charge in [-0.2, -0.15) is 0 Å². The van der Waals surface area contributed by atoms with Gasteiger partial charge in [-0.15, -0.1) is 0 Å². The third-order valence-corrected chi connectivity index (χ3v) is 6.85. The lowest BCUT2D eigenvalue weighted by Gasteiger charge is -2.51. The summed E-state index contributed by atoms with van der Waals surface area (Å²) in [7, 11) is 0. The van der Waals surface area contributed by atoms with Crippen LogP contribution in [-0.2, 0) is 13.1 Å². The van der Waals surface area contributed by atoms with Crippen LogP contribution in [0.1, 0.15) is 36.2 Å². The number of aromatic nitrogens is 3. The fraction of sp³-hybridized carbons (Fsp3) is 0.591. The van der Waals surface area contributed by atoms with Crippen molar-refractivity contribution in [3.8, 4) is 0 Å². The van der Waals surface area contributed by atoms with Crippen molar-refractivity contribution in [2.45, 2.75) is 39.3 Å². The summed E-state index contributed by atoms with van der Waals surface area (Å²) in [4.78, 5) is 18.0. The second kappa shape index (κ2) is 8.64. The van der Waals surface area contributed by atoms with Crippen molar-refractivity contribution in [2.24, 2.45) is 11.3 Å². The first-order chi connectivity index (χ1) is 13.7. The highest BCUT2D eigenvalue weighted by molar-refractivity contribution is 5.10. The number of aliphatic hydroxyl groups excluding tert-OH is 1. The third kappa shape index (κ3) is 4.24. The average molecular weight is 382 g/mol. The molecule has 0 saturated carbocycles. The standard InChI is InChI=1S/C22H31N5O/c1-18-21(25-10-9-24-18)16-27-13-6-22(20(15-27)17-28)4-11-26(12-5-22)14-19-2-7-23-8-3-19/h2-3,7-10,20,28H,4-6,11-17H2,1H3/t20-/m1/s1. The maximum Gasteiger partial charge on any atom is 0.0756 e. The lowest BCUT2D eigenvalue weighted by atomic mass is 9.64. The zero-order valence-corrected chi connectivity index (χ0v) is 16.8. The molecule has 0 radical (unpaired) electrons. The van der Waals surface area contributed by atoms with Gasteiger partial charge < -0.3 is 5.11 Å². The summed E-state index contributed by atoms with van der Waals surface area (Å²) in [5, 5.41) is 10.2. The van der Waals surface area contributed by atoms with Crippen molar-refractivity contribution < 1.29 is 5.11 Å². The number of likely N-dealkylation sites (tertiary alicyclic amines) is 2. The van der Waals surface area contributed by atoms with Crippen LogP contribution in [0.15, 0.2) is 36.9 Å². The van der Waals surface area contributed by atoms with Crippen LogP contribution in [0.4, 0.5) is 0 Å². The highest BCUT2D eigenvalue weighted by Gasteiger charge is 2.44. The Bertz CT molecular complexity index is 761. The van der Waals surface area contributed by atoms with Crippen LogP contribution in [0.5, 0.6) is 0 Å². The highest BCUT2D eigenvalue weighted by atomic mass is 16.3. The summed E-state index contributed by atoms with van der Waals surface area (Å²) in [5.41, 5.74) is 3.69. The molecule has 2 saturated heterocycles. The van der Waals surface area contributed by atoms with Crippen LogP contribution in [0.2, 0.25) is 0 Å². The highest BCUT2D eigenvalue weighted by Crippen LogP contribution is 2.45. The molecule has 0 aromatic carbocycles. The summed E-state index contributed by atoms with van der Waals surface area (Å²) < 4.78 is 0. The van der Waals surface area contributed by atoms with Gasteiger partial charge in [0.25, 0.3) is 0 Å². The van der Waals surface area contributed by atoms with Gasteiger partial charge in [0.1, 0.15) is 0 Å². The zero-order valence-electron chi connectivity index (χ0n) is 16.8. The van der Waals surface area contributed by atoms with Crippen LogP contribution in [0, 0.1) is 18.3 Å². The van der Waals surface area contributed by atoms with E-state index in [0.29, 0.717) is 5.92 Å². The Kier molecular flexibility index (Phi) is 5.99. The number of aliphatic hydroxyl groups is 1. The number of pyridine rings is 1. The van der Waals surface area contributed by atoms with E-state index in [1.807, 2.05) is 19.3 Å². The van der Waals surface area contributed by atoms with Crippen molar-refractivity contribution in [1.29, 1.82) is 0 Å². The van der Waals surface area contributed by atoms with E-state index in [1.165, 1.54) is 24.8 Å². The predicted octanol–water partition coefficient (Wildman–Crippen LogP) is 2.28. The summed E-state index contributed by atoms with van der Waals surface area (Å²) in [5.74, 6) is 0.348. The van der Waals surface area contributed by atoms with Gasteiger partial charge in [0.05, 0.1) is 11.4 Å². The molecular weight excluding hydrogens is 350 g/mol. The number of nitrogens with zero attached hydrogens (tertiary/aromatic N) is 5. The fourth-order valence-corrected chi connectivity index (χ4v) is 4.94. The minimum Gasteiger partial charge on any atom is -0.396 e. The van der Waals surface area contributed by atoms with Gasteiger partial charge in [-0.3, -0.25) is 24.8 Å². The molecule has 2 aromatic heterocycles. The first-order valence-corrected chi connectivity index (χ1v) is 10.4. The molecule has 6 nitrogen and oxygen atoms in total. The first-order valence-electron chi connectivity index (χ1n) is 10.4. The monoisotopic (exact) mass is 381 g/mol. The van der Waals surface area contributed by atoms with Gasteiger partial charge in [0, 0.05) is 56.9 Å². The van der Waals surface area contributed by atoms with Crippen LogP contribution in [-0.4, -0.2) is 62.6 Å². The molecular formula is C22H31N5O. The van der Waals surface area contributed by atoms with Crippen molar-refractivity contribution in [3.05, 3.63) is 53.9 Å². The maximum absolute atomic E-state index is 10.2. The Labute approximate surface area is 167 Å². The van der Waals surface area contributed by atoms with E-state index in [9.17, 15) is 5.11 Å². The SMILES string of the molecule is Cc1nccnc1CN1CCC2(CCN(Cc3ccncc3)CC2)[C@@H](CO)C1. The quantitative estimate of drug-likeness (QED) is 0.857. The number of aryl methyl sites for hydroxylation is 1. The van der Waals surface area contributed by atoms with Gasteiger partial charge in [0.15, 0.2) is 0 Å². The molecule has 4 heterocycles. The average Bonchev–Trinajstić information content (AvgIpc) is 2.73. The van der Waals surface area contributed by atoms with Crippen LogP contribution in [0.25, 0.3) is 0 Å². The summed E-state index contributed by atoms with van der Waals surface area (Å²) in [6, 6.07) is 4.21. The second-order valence-electron chi connectivity index (χ2n) is 8.45. The zero-order chi connectivity index (χ0) is 19.4. The van der Waals surface area contributed by atoms with Gasteiger partial charge in [-0.25, -0.2) is 0 Å². The van der Waals surface area contributed by atoms with E-state index in [-0.39, 0.29) is 12.0 Å². The minimum absolute atomic E-state index is 0.278. The molecule has 2 aromatic rings. The predicted molar refractivity (Wildman–Crippen MR) is 108 cm³/mol. The van der Waals surface area contributed by atoms with Crippen molar-refractivity contribution >= 4 is 0 Å². The Hall–Kier alpha value is -1.89. The number of hydrogen-bond donors (Lipinski definition) is 1. The second-order valence-corrected chi connectivity index (χ2v) is 8.45. The molecule has 4 rings (SSSR count). The molecule has 1 atom stereocenters. The number of hydrogen-bond acceptors (Lipinski definition) is 6. The van der Waals surface area contributed by atoms with Gasteiger partial charge in [0.2, 0.25) is 0 Å². The smallest absolute Gasteiger partial charge is 0.0756 e. The maximum atomic E-state index is 10.2. The summed E-state index contributed by atoms with van der Waals surface area (Å²) in [6.07, 6.45) is 10.8. The summed E-state index contributed by atoms with van der Waals surface area (Å²) in [6.45, 7) is 8.40. The first kappa shape index (κ1) is 19.4. The molecule has 2 aliphatic rings. The molecule has 150 valence electrons. The Morgan fingerprint density at radius 3 is 2.32 bits per heavy atom. The molecule has 6 heteroatoms. The van der Waals surface area contributed by atoms with Crippen LogP contribution < -0.4 is 0 Å². The van der Waals surface area contributed by atoms with E-state index in [0.717, 1.165) is 50.7 Å². The van der Waals surface area contributed by atoms with E-state index in [4.69, 9.17) is 0 Å². The van der Waals surface area contributed by atoms with Crippen molar-refractivity contribution in [1.82, 2.24) is 24.8 Å². The molecule has 28 heavy (non-hydrogen) atoms. The minimum atomic E-state index is 0.278. The molecule has 0 bridgehead atoms. The molecule has 1 spiro atoms. The number of piperidine rings is 2. The third-order valence-electron chi connectivity index (χ3n) is 6.85. The molecule has 2 fully saturated rings. The van der Waals surface area contributed by atoms with Crippen molar-refractivity contribution in [2.75, 3.05) is 32.8 Å². The molecule has 0 aliphatic carbocycles. The lowest BCUT2D eigenvalue weighted by molar-refractivity contribution is -0.0453. The molecule has 0 amide bonds. The Morgan fingerprint density at radius 2 is 1.64 bits per heavy atom. The molecule has 0 unspecified atom stereocenters. The van der Waals surface area contributed by atoms with E-state index in [2.05, 4.69) is 36.9 Å². The van der Waals surface area contributed by atoms with E-state index in [1.54, 1.807) is 12.4 Å². The van der Waals surface area contributed by atoms with Crippen molar-refractivity contribution in [3.63, 3.8) is 0 Å². The van der Waals surface area contributed by atoms with Gasteiger partial charge in [-0.1, -0.05) is 0 Å². The van der Waals surface area contributed by atoms with E-state index < -0.39 is 0 Å². The lowest BCUT2D eigenvalue weighted by Crippen LogP contribution is -2.53. The summed E-state index contributed by atoms with van der Waals surface area (Å²) >= 11 is 0. The largest absolute Gasteiger partial charge is 0.396 e. The van der Waals surface area contributed by atoms with E-state index >= 15 is 0 Å². The number of rotatable bonds is 5. The fourth-order valence-electron chi connectivity index (χ4n) is 4.94. The Morgan fingerprint density at radius 1 is 0.964 bits per heavy atom. The Balaban J connectivity index is 1.35. The molecule has 2 aliphatic heterocycles. The molecule has 1 N–H and O–H groups in total. The van der Waals surface area contributed by atoms with Crippen LogP contribution >= 0.6 is 0 Å². The normalized spacial score (nSPS) is 23.1. The van der Waals surface area contributed by atoms with Gasteiger partial charge >= 0.3 is 0 Å².